The first-order valence-corrected chi connectivity index (χ1v) is 6.72. The second kappa shape index (κ2) is 6.06. The zero-order valence-corrected chi connectivity index (χ0v) is 10.9. The van der Waals surface area contributed by atoms with Crippen LogP contribution in [0.2, 0.25) is 0 Å². The molecule has 0 spiro atoms. The Hall–Kier alpha value is -1.02. The number of hydrogen-bond donors (Lipinski definition) is 0. The van der Waals surface area contributed by atoms with Gasteiger partial charge in [-0.2, -0.15) is 0 Å². The minimum atomic E-state index is 0.798. The summed E-state index contributed by atoms with van der Waals surface area (Å²) in [5, 5.41) is 0. The van der Waals surface area contributed by atoms with Gasteiger partial charge in [-0.15, -0.1) is 0 Å². The van der Waals surface area contributed by atoms with Gasteiger partial charge in [0.15, 0.2) is 0 Å². The van der Waals surface area contributed by atoms with Crippen LogP contribution >= 0.6 is 0 Å². The minimum Gasteiger partial charge on any atom is -0.494 e. The highest BCUT2D eigenvalue weighted by Crippen LogP contribution is 2.22. The summed E-state index contributed by atoms with van der Waals surface area (Å²) in [5.41, 5.74) is 2.77. The summed E-state index contributed by atoms with van der Waals surface area (Å²) in [6.07, 6.45) is 9.34. The highest BCUT2D eigenvalue weighted by molar-refractivity contribution is 5.31. The zero-order chi connectivity index (χ0) is 12.1. The van der Waals surface area contributed by atoms with E-state index in [0.29, 0.717) is 0 Å². The molecule has 0 saturated carbocycles. The highest BCUT2D eigenvalue weighted by atomic mass is 16.5. The lowest BCUT2D eigenvalue weighted by Gasteiger charge is -2.15. The average molecular weight is 233 g/mol. The molecule has 0 amide bonds. The Balaban J connectivity index is 1.94. The van der Waals surface area contributed by atoms with Crippen LogP contribution in [0.25, 0.3) is 0 Å². The molecule has 0 aliphatic carbocycles. The van der Waals surface area contributed by atoms with Gasteiger partial charge in [0, 0.05) is 13.0 Å². The number of nitrogens with zero attached hydrogens (tertiary/aromatic N) is 1. The van der Waals surface area contributed by atoms with Crippen LogP contribution in [0.5, 0.6) is 0 Å². The molecule has 0 bridgehead atoms. The third kappa shape index (κ3) is 3.47. The molecule has 0 aromatic heterocycles. The molecule has 2 aliphatic heterocycles. The Morgan fingerprint density at radius 2 is 2.18 bits per heavy atom. The fraction of sp³-hybridized carbons (Fsp3) is 0.600. The number of hydrogen-bond acceptors (Lipinski definition) is 2. The van der Waals surface area contributed by atoms with E-state index in [1.54, 1.807) is 0 Å². The van der Waals surface area contributed by atoms with Crippen molar-refractivity contribution in [1.29, 1.82) is 0 Å². The molecule has 2 rings (SSSR count). The fourth-order valence-electron chi connectivity index (χ4n) is 2.42. The molecular weight excluding hydrogens is 210 g/mol. The summed E-state index contributed by atoms with van der Waals surface area (Å²) in [7, 11) is 0. The fourth-order valence-corrected chi connectivity index (χ4v) is 2.42. The zero-order valence-electron chi connectivity index (χ0n) is 10.9. The predicted molar refractivity (Wildman–Crippen MR) is 71.8 cm³/mol. The second-order valence-electron chi connectivity index (χ2n) is 4.88. The van der Waals surface area contributed by atoms with Gasteiger partial charge < -0.3 is 4.74 Å². The molecule has 0 radical (unpaired) electrons. The van der Waals surface area contributed by atoms with Crippen LogP contribution in [0.3, 0.4) is 0 Å². The maximum absolute atomic E-state index is 5.36. The van der Waals surface area contributed by atoms with Gasteiger partial charge in [-0.05, 0) is 37.9 Å². The van der Waals surface area contributed by atoms with Crippen LogP contribution in [0.1, 0.15) is 32.6 Å². The summed E-state index contributed by atoms with van der Waals surface area (Å²) < 4.78 is 5.36. The third-order valence-corrected chi connectivity index (χ3v) is 3.61. The molecule has 2 fully saturated rings. The Labute approximate surface area is 105 Å². The summed E-state index contributed by atoms with van der Waals surface area (Å²) >= 11 is 0. The molecule has 0 atom stereocenters. The lowest BCUT2D eigenvalue weighted by atomic mass is 10.1. The third-order valence-electron chi connectivity index (χ3n) is 3.61. The van der Waals surface area contributed by atoms with Gasteiger partial charge in [0.2, 0.25) is 0 Å². The van der Waals surface area contributed by atoms with Crippen LogP contribution in [-0.2, 0) is 4.74 Å². The van der Waals surface area contributed by atoms with E-state index in [2.05, 4.69) is 30.6 Å². The van der Waals surface area contributed by atoms with E-state index in [-0.39, 0.29) is 0 Å². The Kier molecular flexibility index (Phi) is 4.43. The normalized spacial score (nSPS) is 24.6. The Morgan fingerprint density at radius 1 is 1.41 bits per heavy atom. The summed E-state index contributed by atoms with van der Waals surface area (Å²) in [6.45, 7) is 10.6. The highest BCUT2D eigenvalue weighted by Gasteiger charge is 2.13. The maximum atomic E-state index is 5.36. The smallest absolute Gasteiger partial charge is 0.115 e. The van der Waals surface area contributed by atoms with Crippen LogP contribution in [0.15, 0.2) is 35.6 Å². The minimum absolute atomic E-state index is 0.798. The van der Waals surface area contributed by atoms with Gasteiger partial charge >= 0.3 is 0 Å². The van der Waals surface area contributed by atoms with Crippen molar-refractivity contribution >= 4 is 0 Å². The quantitative estimate of drug-likeness (QED) is 0.739. The monoisotopic (exact) mass is 233 g/mol. The van der Waals surface area contributed by atoms with Crippen molar-refractivity contribution in [1.82, 2.24) is 4.90 Å². The van der Waals surface area contributed by atoms with Crippen molar-refractivity contribution in [2.45, 2.75) is 32.6 Å². The van der Waals surface area contributed by atoms with Gasteiger partial charge in [-0.1, -0.05) is 31.2 Å². The largest absolute Gasteiger partial charge is 0.494 e. The molecular formula is C15H23NO. The molecule has 94 valence electrons. The molecule has 0 aromatic rings. The van der Waals surface area contributed by atoms with Crippen molar-refractivity contribution in [2.75, 3.05) is 26.2 Å². The van der Waals surface area contributed by atoms with E-state index in [1.807, 2.05) is 0 Å². The van der Waals surface area contributed by atoms with Gasteiger partial charge in [0.1, 0.15) is 5.76 Å². The molecule has 0 aromatic carbocycles. The molecule has 2 saturated heterocycles. The van der Waals surface area contributed by atoms with Crippen molar-refractivity contribution in [3.8, 4) is 0 Å². The van der Waals surface area contributed by atoms with Gasteiger partial charge in [-0.25, -0.2) is 0 Å². The van der Waals surface area contributed by atoms with Crippen LogP contribution in [0, 0.1) is 0 Å². The number of ether oxygens (including phenoxy) is 1. The first-order valence-electron chi connectivity index (χ1n) is 6.72. The van der Waals surface area contributed by atoms with Gasteiger partial charge in [0.05, 0.1) is 6.61 Å². The van der Waals surface area contributed by atoms with Crippen molar-refractivity contribution in [3.63, 3.8) is 0 Å². The van der Waals surface area contributed by atoms with Gasteiger partial charge in [0.25, 0.3) is 0 Å². The Morgan fingerprint density at radius 3 is 2.76 bits per heavy atom. The standard InChI is InChI=1S/C15H23NO/c1-3-14(12-16-9-4-5-10-16)6-7-15-8-11-17-13(15)2/h6-7H,2-5,8-12H2,1H3/b14-6+,15-7-. The lowest BCUT2D eigenvalue weighted by Crippen LogP contribution is -2.21. The molecule has 2 heteroatoms. The van der Waals surface area contributed by atoms with Crippen molar-refractivity contribution < 1.29 is 4.74 Å². The molecule has 2 aliphatic rings. The number of allylic oxidation sites excluding steroid dienone is 3. The summed E-state index contributed by atoms with van der Waals surface area (Å²) in [4.78, 5) is 2.55. The lowest BCUT2D eigenvalue weighted by molar-refractivity contribution is 0.267. The molecule has 2 nitrogen and oxygen atoms in total. The Bertz CT molecular complexity index is 335. The predicted octanol–water partition coefficient (Wildman–Crippen LogP) is 3.28. The number of likely N-dealkylation sites (tertiary alicyclic amines) is 1. The van der Waals surface area contributed by atoms with E-state index in [4.69, 9.17) is 4.74 Å². The van der Waals surface area contributed by atoms with Crippen LogP contribution < -0.4 is 0 Å². The summed E-state index contributed by atoms with van der Waals surface area (Å²) in [5.74, 6) is 0.859. The SMILES string of the molecule is C=C1OCC/C1=C/C=C(\CC)CN1CCCC1. The van der Waals surface area contributed by atoms with Crippen molar-refractivity contribution in [2.24, 2.45) is 0 Å². The molecule has 17 heavy (non-hydrogen) atoms. The van der Waals surface area contributed by atoms with E-state index in [0.717, 1.165) is 31.8 Å². The average Bonchev–Trinajstić information content (AvgIpc) is 2.96. The molecule has 0 N–H and O–H groups in total. The maximum Gasteiger partial charge on any atom is 0.115 e. The van der Waals surface area contributed by atoms with Crippen LogP contribution in [-0.4, -0.2) is 31.1 Å². The van der Waals surface area contributed by atoms with E-state index in [1.165, 1.54) is 37.1 Å². The summed E-state index contributed by atoms with van der Waals surface area (Å²) in [6, 6.07) is 0. The van der Waals surface area contributed by atoms with E-state index < -0.39 is 0 Å². The topological polar surface area (TPSA) is 12.5 Å². The van der Waals surface area contributed by atoms with Crippen molar-refractivity contribution in [3.05, 3.63) is 35.6 Å². The van der Waals surface area contributed by atoms with Gasteiger partial charge in [-0.3, -0.25) is 4.90 Å². The van der Waals surface area contributed by atoms with Crippen LogP contribution in [0.4, 0.5) is 0 Å². The second-order valence-corrected chi connectivity index (χ2v) is 4.88. The first kappa shape index (κ1) is 12.4. The van der Waals surface area contributed by atoms with E-state index in [9.17, 15) is 0 Å². The van der Waals surface area contributed by atoms with E-state index >= 15 is 0 Å². The molecule has 2 heterocycles. The molecule has 0 unspecified atom stereocenters. The number of rotatable bonds is 4. The first-order chi connectivity index (χ1) is 8.29.